The molecule has 1 aliphatic rings. The number of pyridine rings is 1. The number of fused-ring (bicyclic) bond motifs is 1. The SMILES string of the molecule is O=C(CSc1ccccn1)N1N=C(c2cc3ccccc3o2)C[C@H]1c1ccco1. The van der Waals surface area contributed by atoms with Gasteiger partial charge in [-0.25, -0.2) is 9.99 Å². The first kappa shape index (κ1) is 17.8. The lowest BCUT2D eigenvalue weighted by Gasteiger charge is -2.19. The van der Waals surface area contributed by atoms with Crippen molar-refractivity contribution in [3.8, 4) is 0 Å². The summed E-state index contributed by atoms with van der Waals surface area (Å²) >= 11 is 1.39. The topological polar surface area (TPSA) is 71.8 Å². The molecule has 1 atom stereocenters. The van der Waals surface area contributed by atoms with E-state index in [4.69, 9.17) is 8.83 Å². The van der Waals surface area contributed by atoms with E-state index >= 15 is 0 Å². The standard InChI is InChI=1S/C22H17N3O3S/c26-22(14-29-21-9-3-4-10-23-21)25-17(19-8-5-11-27-19)13-16(24-25)20-12-15-6-1-2-7-18(15)28-20/h1-12,17H,13-14H2/t17-/m0/s1. The van der Waals surface area contributed by atoms with E-state index in [1.807, 2.05) is 60.7 Å². The fraction of sp³-hybridized carbons (Fsp3) is 0.136. The molecule has 0 aliphatic carbocycles. The molecule has 4 heterocycles. The zero-order chi connectivity index (χ0) is 19.6. The lowest BCUT2D eigenvalue weighted by molar-refractivity contribution is -0.130. The molecule has 0 bridgehead atoms. The smallest absolute Gasteiger partial charge is 0.253 e. The van der Waals surface area contributed by atoms with Crippen LogP contribution >= 0.6 is 11.8 Å². The maximum atomic E-state index is 13.0. The summed E-state index contributed by atoms with van der Waals surface area (Å²) in [6.07, 6.45) is 3.86. The Kier molecular flexibility index (Phi) is 4.65. The number of benzene rings is 1. The van der Waals surface area contributed by atoms with Crippen molar-refractivity contribution in [3.05, 3.63) is 84.6 Å². The van der Waals surface area contributed by atoms with Gasteiger partial charge in [0.05, 0.1) is 17.0 Å². The molecule has 29 heavy (non-hydrogen) atoms. The van der Waals surface area contributed by atoms with Crippen molar-refractivity contribution in [2.45, 2.75) is 17.5 Å². The number of carbonyl (C=O) groups is 1. The monoisotopic (exact) mass is 403 g/mol. The second-order valence-electron chi connectivity index (χ2n) is 6.63. The average Bonchev–Trinajstić information content (AvgIpc) is 3.51. The number of hydrazone groups is 1. The number of para-hydroxylation sites is 1. The fourth-order valence-corrected chi connectivity index (χ4v) is 4.06. The van der Waals surface area contributed by atoms with Crippen LogP contribution in [0.3, 0.4) is 0 Å². The molecule has 6 nitrogen and oxygen atoms in total. The molecule has 0 radical (unpaired) electrons. The molecular weight excluding hydrogens is 386 g/mol. The van der Waals surface area contributed by atoms with E-state index in [2.05, 4.69) is 10.1 Å². The Morgan fingerprint density at radius 2 is 2.03 bits per heavy atom. The largest absolute Gasteiger partial charge is 0.467 e. The summed E-state index contributed by atoms with van der Waals surface area (Å²) in [7, 11) is 0. The predicted octanol–water partition coefficient (Wildman–Crippen LogP) is 4.89. The summed E-state index contributed by atoms with van der Waals surface area (Å²) in [4.78, 5) is 17.2. The Bertz CT molecular complexity index is 1140. The molecule has 0 spiro atoms. The van der Waals surface area contributed by atoms with Gasteiger partial charge in [-0.3, -0.25) is 4.79 Å². The van der Waals surface area contributed by atoms with Crippen LogP contribution in [-0.4, -0.2) is 27.4 Å². The number of thioether (sulfide) groups is 1. The quantitative estimate of drug-likeness (QED) is 0.444. The summed E-state index contributed by atoms with van der Waals surface area (Å²) in [6, 6.07) is 18.8. The van der Waals surface area contributed by atoms with Crippen LogP contribution in [0.5, 0.6) is 0 Å². The third-order valence-corrected chi connectivity index (χ3v) is 5.66. The maximum Gasteiger partial charge on any atom is 0.253 e. The third kappa shape index (κ3) is 3.56. The zero-order valence-electron chi connectivity index (χ0n) is 15.4. The molecular formula is C22H17N3O3S. The molecule has 1 aliphatic heterocycles. The Hall–Kier alpha value is -3.32. The molecule has 0 fully saturated rings. The van der Waals surface area contributed by atoms with Crippen molar-refractivity contribution in [2.75, 3.05) is 5.75 Å². The van der Waals surface area contributed by atoms with Crippen LogP contribution in [0.25, 0.3) is 11.0 Å². The normalized spacial score (nSPS) is 16.3. The highest BCUT2D eigenvalue weighted by molar-refractivity contribution is 7.99. The zero-order valence-corrected chi connectivity index (χ0v) is 16.2. The second-order valence-corrected chi connectivity index (χ2v) is 7.62. The lowest BCUT2D eigenvalue weighted by Crippen LogP contribution is -2.28. The molecule has 1 aromatic carbocycles. The van der Waals surface area contributed by atoms with Gasteiger partial charge in [-0.15, -0.1) is 0 Å². The first-order chi connectivity index (χ1) is 14.3. The maximum absolute atomic E-state index is 13.0. The first-order valence-corrected chi connectivity index (χ1v) is 10.2. The van der Waals surface area contributed by atoms with E-state index in [-0.39, 0.29) is 17.7 Å². The molecule has 5 rings (SSSR count). The van der Waals surface area contributed by atoms with Crippen molar-refractivity contribution >= 4 is 34.3 Å². The van der Waals surface area contributed by atoms with E-state index in [9.17, 15) is 4.79 Å². The highest BCUT2D eigenvalue weighted by atomic mass is 32.2. The third-order valence-electron chi connectivity index (χ3n) is 4.73. The van der Waals surface area contributed by atoms with Crippen LogP contribution in [0.4, 0.5) is 0 Å². The second kappa shape index (κ2) is 7.60. The predicted molar refractivity (Wildman–Crippen MR) is 111 cm³/mol. The van der Waals surface area contributed by atoms with Gasteiger partial charge in [-0.2, -0.15) is 5.10 Å². The minimum absolute atomic E-state index is 0.104. The van der Waals surface area contributed by atoms with Gasteiger partial charge in [0, 0.05) is 18.0 Å². The van der Waals surface area contributed by atoms with Crippen LogP contribution in [0, 0.1) is 0 Å². The van der Waals surface area contributed by atoms with Crippen molar-refractivity contribution in [1.29, 1.82) is 0 Å². The Labute approximate surface area is 171 Å². The van der Waals surface area contributed by atoms with E-state index in [1.54, 1.807) is 12.5 Å². The number of aromatic nitrogens is 1. The van der Waals surface area contributed by atoms with E-state index in [1.165, 1.54) is 16.8 Å². The van der Waals surface area contributed by atoms with Gasteiger partial charge in [-0.05, 0) is 36.4 Å². The van der Waals surface area contributed by atoms with Gasteiger partial charge in [0.15, 0.2) is 5.76 Å². The van der Waals surface area contributed by atoms with Gasteiger partial charge < -0.3 is 8.83 Å². The number of rotatable bonds is 5. The summed E-state index contributed by atoms with van der Waals surface area (Å²) in [6.45, 7) is 0. The molecule has 3 aromatic heterocycles. The van der Waals surface area contributed by atoms with Crippen molar-refractivity contribution in [2.24, 2.45) is 5.10 Å². The number of carbonyl (C=O) groups excluding carboxylic acids is 1. The van der Waals surface area contributed by atoms with Crippen LogP contribution in [0.15, 0.2) is 92.1 Å². The van der Waals surface area contributed by atoms with Crippen molar-refractivity contribution in [1.82, 2.24) is 9.99 Å². The molecule has 1 amide bonds. The molecule has 0 saturated heterocycles. The van der Waals surface area contributed by atoms with Gasteiger partial charge in [0.25, 0.3) is 5.91 Å². The van der Waals surface area contributed by atoms with E-state index < -0.39 is 0 Å². The summed E-state index contributed by atoms with van der Waals surface area (Å²) in [5.74, 6) is 1.52. The minimum Gasteiger partial charge on any atom is -0.467 e. The number of hydrogen-bond donors (Lipinski definition) is 0. The van der Waals surface area contributed by atoms with Crippen LogP contribution in [0.1, 0.15) is 24.0 Å². The van der Waals surface area contributed by atoms with Gasteiger partial charge in [0.2, 0.25) is 0 Å². The van der Waals surface area contributed by atoms with E-state index in [0.29, 0.717) is 17.9 Å². The summed E-state index contributed by atoms with van der Waals surface area (Å²) < 4.78 is 11.5. The van der Waals surface area contributed by atoms with Gasteiger partial charge >= 0.3 is 0 Å². The van der Waals surface area contributed by atoms with E-state index in [0.717, 1.165) is 21.7 Å². The summed E-state index contributed by atoms with van der Waals surface area (Å²) in [5.41, 5.74) is 1.54. The lowest BCUT2D eigenvalue weighted by atomic mass is 10.1. The highest BCUT2D eigenvalue weighted by Gasteiger charge is 2.35. The first-order valence-electron chi connectivity index (χ1n) is 9.23. The number of amides is 1. The summed E-state index contributed by atoms with van der Waals surface area (Å²) in [5, 5.41) is 7.94. The molecule has 0 N–H and O–H groups in total. The Balaban J connectivity index is 1.42. The van der Waals surface area contributed by atoms with Gasteiger partial charge in [-0.1, -0.05) is 36.0 Å². The molecule has 4 aromatic rings. The minimum atomic E-state index is -0.287. The highest BCUT2D eigenvalue weighted by Crippen LogP contribution is 2.35. The van der Waals surface area contributed by atoms with Crippen LogP contribution in [0.2, 0.25) is 0 Å². The molecule has 7 heteroatoms. The van der Waals surface area contributed by atoms with Crippen molar-refractivity contribution in [3.63, 3.8) is 0 Å². The molecule has 0 saturated carbocycles. The molecule has 144 valence electrons. The number of nitrogens with zero attached hydrogens (tertiary/aromatic N) is 3. The number of hydrogen-bond acceptors (Lipinski definition) is 6. The number of furan rings is 2. The van der Waals surface area contributed by atoms with Crippen molar-refractivity contribution < 1.29 is 13.6 Å². The van der Waals surface area contributed by atoms with Crippen LogP contribution in [-0.2, 0) is 4.79 Å². The molecule has 0 unspecified atom stereocenters. The average molecular weight is 403 g/mol. The van der Waals surface area contributed by atoms with Gasteiger partial charge in [0.1, 0.15) is 23.1 Å². The Morgan fingerprint density at radius 1 is 1.14 bits per heavy atom. The fourth-order valence-electron chi connectivity index (χ4n) is 3.35. The van der Waals surface area contributed by atoms with Crippen LogP contribution < -0.4 is 0 Å². The Morgan fingerprint density at radius 3 is 2.83 bits per heavy atom.